The summed E-state index contributed by atoms with van der Waals surface area (Å²) >= 11 is 0. The van der Waals surface area contributed by atoms with Crippen molar-refractivity contribution in [3.8, 4) is 0 Å². The number of rotatable bonds is 3. The normalized spacial score (nSPS) is 31.2. The molecular weight excluding hydrogens is 198 g/mol. The minimum Gasteiger partial charge on any atom is -0.392 e. The summed E-state index contributed by atoms with van der Waals surface area (Å²) in [5.41, 5.74) is 6.00. The van der Waals surface area contributed by atoms with Crippen LogP contribution in [0.2, 0.25) is 0 Å². The first kappa shape index (κ1) is 12.1. The van der Waals surface area contributed by atoms with Crippen molar-refractivity contribution in [2.75, 3.05) is 6.54 Å². The van der Waals surface area contributed by atoms with E-state index in [-0.39, 0.29) is 11.5 Å². The molecule has 2 rings (SSSR count). The first-order chi connectivity index (χ1) is 7.78. The van der Waals surface area contributed by atoms with Gasteiger partial charge in [0.1, 0.15) is 0 Å². The Balaban J connectivity index is 2.04. The zero-order valence-electron chi connectivity index (χ0n) is 10.2. The minimum absolute atomic E-state index is 0.0358. The molecule has 92 valence electrons. The molecule has 2 aliphatic rings. The average Bonchev–Trinajstić information content (AvgIpc) is 2.39. The van der Waals surface area contributed by atoms with Crippen molar-refractivity contribution in [2.24, 2.45) is 17.1 Å². The van der Waals surface area contributed by atoms with Gasteiger partial charge in [-0.05, 0) is 38.0 Å². The molecule has 0 radical (unpaired) electrons. The van der Waals surface area contributed by atoms with Crippen LogP contribution in [0.25, 0.3) is 0 Å². The Morgan fingerprint density at radius 2 is 2.00 bits per heavy atom. The standard InChI is InChI=1S/C14H25NO/c15-11-14(9-5-2-6-10-14)13(16)12-7-3-1-4-8-12/h1,3,12-13,16H,2,4-11,15H2. The van der Waals surface area contributed by atoms with Gasteiger partial charge in [-0.25, -0.2) is 0 Å². The molecular formula is C14H25NO. The van der Waals surface area contributed by atoms with Crippen LogP contribution in [0.4, 0.5) is 0 Å². The molecule has 0 aromatic rings. The van der Waals surface area contributed by atoms with Gasteiger partial charge in [-0.1, -0.05) is 31.4 Å². The van der Waals surface area contributed by atoms with E-state index in [0.717, 1.165) is 32.1 Å². The van der Waals surface area contributed by atoms with E-state index in [4.69, 9.17) is 5.73 Å². The molecule has 0 bridgehead atoms. The molecule has 0 aliphatic heterocycles. The number of nitrogens with two attached hydrogens (primary N) is 1. The molecule has 16 heavy (non-hydrogen) atoms. The van der Waals surface area contributed by atoms with Crippen molar-refractivity contribution in [1.82, 2.24) is 0 Å². The van der Waals surface area contributed by atoms with Gasteiger partial charge in [-0.15, -0.1) is 0 Å². The molecule has 1 saturated carbocycles. The van der Waals surface area contributed by atoms with Crippen LogP contribution in [0.5, 0.6) is 0 Å². The Morgan fingerprint density at radius 1 is 1.25 bits per heavy atom. The van der Waals surface area contributed by atoms with Crippen LogP contribution >= 0.6 is 0 Å². The molecule has 0 spiro atoms. The second-order valence-electron chi connectivity index (χ2n) is 5.62. The molecule has 0 aromatic carbocycles. The summed E-state index contributed by atoms with van der Waals surface area (Å²) in [4.78, 5) is 0. The van der Waals surface area contributed by atoms with E-state index in [2.05, 4.69) is 12.2 Å². The molecule has 2 unspecified atom stereocenters. The van der Waals surface area contributed by atoms with Gasteiger partial charge in [0.2, 0.25) is 0 Å². The fourth-order valence-corrected chi connectivity index (χ4v) is 3.48. The Kier molecular flexibility index (Phi) is 4.04. The van der Waals surface area contributed by atoms with Crippen molar-refractivity contribution >= 4 is 0 Å². The van der Waals surface area contributed by atoms with Gasteiger partial charge in [0.05, 0.1) is 6.10 Å². The zero-order chi connectivity index (χ0) is 11.4. The van der Waals surface area contributed by atoms with E-state index in [0.29, 0.717) is 12.5 Å². The van der Waals surface area contributed by atoms with Crippen LogP contribution in [0.15, 0.2) is 12.2 Å². The second-order valence-corrected chi connectivity index (χ2v) is 5.62. The molecule has 2 atom stereocenters. The second kappa shape index (κ2) is 5.33. The summed E-state index contributed by atoms with van der Waals surface area (Å²) in [5, 5.41) is 10.6. The molecule has 0 saturated heterocycles. The lowest BCUT2D eigenvalue weighted by atomic mass is 9.65. The van der Waals surface area contributed by atoms with Gasteiger partial charge in [0.25, 0.3) is 0 Å². The fraction of sp³-hybridized carbons (Fsp3) is 0.857. The summed E-state index contributed by atoms with van der Waals surface area (Å²) in [6.07, 6.45) is 13.7. The maximum absolute atomic E-state index is 10.6. The Morgan fingerprint density at radius 3 is 2.56 bits per heavy atom. The Hall–Kier alpha value is -0.340. The highest BCUT2D eigenvalue weighted by Gasteiger charge is 2.41. The Labute approximate surface area is 98.9 Å². The summed E-state index contributed by atoms with van der Waals surface area (Å²) in [6.45, 7) is 0.661. The largest absolute Gasteiger partial charge is 0.392 e. The predicted octanol–water partition coefficient (Wildman–Crippen LogP) is 2.61. The highest BCUT2D eigenvalue weighted by molar-refractivity contribution is 4.99. The SMILES string of the molecule is NCC1(C(O)C2CC=CCC2)CCCCC1. The monoisotopic (exact) mass is 223 g/mol. The lowest BCUT2D eigenvalue weighted by Gasteiger charge is -2.44. The van der Waals surface area contributed by atoms with Gasteiger partial charge in [0, 0.05) is 12.0 Å². The topological polar surface area (TPSA) is 46.2 Å². The van der Waals surface area contributed by atoms with Gasteiger partial charge >= 0.3 is 0 Å². The summed E-state index contributed by atoms with van der Waals surface area (Å²) in [5.74, 6) is 0.451. The van der Waals surface area contributed by atoms with E-state index in [1.54, 1.807) is 0 Å². The predicted molar refractivity (Wildman–Crippen MR) is 67.1 cm³/mol. The van der Waals surface area contributed by atoms with E-state index in [9.17, 15) is 5.11 Å². The Bertz CT molecular complexity index is 243. The van der Waals surface area contributed by atoms with Crippen molar-refractivity contribution in [1.29, 1.82) is 0 Å². The van der Waals surface area contributed by atoms with E-state index in [1.807, 2.05) is 0 Å². The lowest BCUT2D eigenvalue weighted by Crippen LogP contribution is -2.47. The van der Waals surface area contributed by atoms with E-state index >= 15 is 0 Å². The van der Waals surface area contributed by atoms with Crippen LogP contribution in [0.1, 0.15) is 51.4 Å². The van der Waals surface area contributed by atoms with Crippen LogP contribution in [0, 0.1) is 11.3 Å². The number of hydrogen-bond donors (Lipinski definition) is 2. The van der Waals surface area contributed by atoms with Gasteiger partial charge < -0.3 is 10.8 Å². The minimum atomic E-state index is -0.178. The molecule has 2 aliphatic carbocycles. The third-order valence-electron chi connectivity index (χ3n) is 4.64. The molecule has 0 amide bonds. The van der Waals surface area contributed by atoms with Gasteiger partial charge in [-0.3, -0.25) is 0 Å². The maximum atomic E-state index is 10.6. The molecule has 0 aromatic heterocycles. The van der Waals surface area contributed by atoms with Crippen LogP contribution in [0.3, 0.4) is 0 Å². The van der Waals surface area contributed by atoms with Crippen molar-refractivity contribution in [3.05, 3.63) is 12.2 Å². The highest BCUT2D eigenvalue weighted by Crippen LogP contribution is 2.43. The highest BCUT2D eigenvalue weighted by atomic mass is 16.3. The van der Waals surface area contributed by atoms with Crippen molar-refractivity contribution in [3.63, 3.8) is 0 Å². The van der Waals surface area contributed by atoms with E-state index < -0.39 is 0 Å². The third kappa shape index (κ3) is 2.33. The zero-order valence-corrected chi connectivity index (χ0v) is 10.2. The van der Waals surface area contributed by atoms with Crippen LogP contribution in [-0.4, -0.2) is 17.8 Å². The van der Waals surface area contributed by atoms with Crippen LogP contribution in [-0.2, 0) is 0 Å². The number of aliphatic hydroxyl groups excluding tert-OH is 1. The molecule has 2 nitrogen and oxygen atoms in total. The maximum Gasteiger partial charge on any atom is 0.0639 e. The molecule has 0 heterocycles. The smallest absolute Gasteiger partial charge is 0.0639 e. The number of allylic oxidation sites excluding steroid dienone is 2. The third-order valence-corrected chi connectivity index (χ3v) is 4.64. The summed E-state index contributed by atoms with van der Waals surface area (Å²) < 4.78 is 0. The number of hydrogen-bond acceptors (Lipinski definition) is 2. The summed E-state index contributed by atoms with van der Waals surface area (Å²) in [6, 6.07) is 0. The number of aliphatic hydroxyl groups is 1. The molecule has 2 heteroatoms. The average molecular weight is 223 g/mol. The molecule has 3 N–H and O–H groups in total. The van der Waals surface area contributed by atoms with Gasteiger partial charge in [0.15, 0.2) is 0 Å². The first-order valence-electron chi connectivity index (χ1n) is 6.82. The van der Waals surface area contributed by atoms with Gasteiger partial charge in [-0.2, -0.15) is 0 Å². The van der Waals surface area contributed by atoms with E-state index in [1.165, 1.54) is 19.3 Å². The molecule has 1 fully saturated rings. The van der Waals surface area contributed by atoms with Crippen LogP contribution < -0.4 is 5.73 Å². The van der Waals surface area contributed by atoms with Crippen molar-refractivity contribution < 1.29 is 5.11 Å². The fourth-order valence-electron chi connectivity index (χ4n) is 3.48. The first-order valence-corrected chi connectivity index (χ1v) is 6.82. The quantitative estimate of drug-likeness (QED) is 0.722. The van der Waals surface area contributed by atoms with Crippen molar-refractivity contribution in [2.45, 2.75) is 57.5 Å². The summed E-state index contributed by atoms with van der Waals surface area (Å²) in [7, 11) is 0. The lowest BCUT2D eigenvalue weighted by molar-refractivity contribution is -0.0391.